The Morgan fingerprint density at radius 1 is 1.27 bits per heavy atom. The lowest BCUT2D eigenvalue weighted by Gasteiger charge is -2.02. The summed E-state index contributed by atoms with van der Waals surface area (Å²) in [6.07, 6.45) is 1.93. The van der Waals surface area contributed by atoms with E-state index in [1.165, 1.54) is 22.1 Å². The Bertz CT molecular complexity index is 510. The summed E-state index contributed by atoms with van der Waals surface area (Å²) < 4.78 is 5.74. The first-order valence-corrected chi connectivity index (χ1v) is 6.52. The third-order valence-corrected chi connectivity index (χ3v) is 4.11. The minimum atomic E-state index is 0.540. The van der Waals surface area contributed by atoms with Crippen LogP contribution in [0.25, 0.3) is 11.0 Å². The first kappa shape index (κ1) is 9.34. The monoisotopic (exact) mass is 218 g/mol. The van der Waals surface area contributed by atoms with Gasteiger partial charge in [0.05, 0.1) is 6.26 Å². The zero-order valence-corrected chi connectivity index (χ0v) is 9.86. The van der Waals surface area contributed by atoms with Gasteiger partial charge in [-0.3, -0.25) is 0 Å². The zero-order chi connectivity index (χ0) is 10.4. The average molecular weight is 218 g/mol. The molecule has 1 aliphatic rings. The maximum absolute atomic E-state index is 5.74. The number of rotatable bonds is 1. The molecule has 0 unspecified atom stereocenters. The molecule has 0 spiro atoms. The lowest BCUT2D eigenvalue weighted by molar-refractivity contribution is 0.604. The van der Waals surface area contributed by atoms with E-state index in [-0.39, 0.29) is 0 Å². The second-order valence-corrected chi connectivity index (χ2v) is 5.40. The second-order valence-electron chi connectivity index (χ2n) is 4.42. The van der Waals surface area contributed by atoms with Crippen LogP contribution in [0.4, 0.5) is 0 Å². The smallest absolute Gasteiger partial charge is 0.138 e. The molecular formula is C13H14OS. The van der Waals surface area contributed by atoms with Crippen LogP contribution in [0.5, 0.6) is 0 Å². The third-order valence-electron chi connectivity index (χ3n) is 3.10. The predicted molar refractivity (Wildman–Crippen MR) is 65.3 cm³/mol. The van der Waals surface area contributed by atoms with E-state index in [4.69, 9.17) is 4.42 Å². The van der Waals surface area contributed by atoms with Crippen LogP contribution in [-0.4, -0.2) is 0 Å². The van der Waals surface area contributed by atoms with Crippen LogP contribution < -0.4 is 0 Å². The Balaban J connectivity index is 2.30. The van der Waals surface area contributed by atoms with Crippen LogP contribution in [0.3, 0.4) is 0 Å². The lowest BCUT2D eigenvalue weighted by Crippen LogP contribution is -1.86. The van der Waals surface area contributed by atoms with Gasteiger partial charge in [-0.25, -0.2) is 0 Å². The minimum Gasteiger partial charge on any atom is -0.464 e. The summed E-state index contributed by atoms with van der Waals surface area (Å²) in [6, 6.07) is 4.48. The number of furan rings is 1. The molecule has 1 aliphatic heterocycles. The fraction of sp³-hybridized carbons (Fsp3) is 0.385. The lowest BCUT2D eigenvalue weighted by atomic mass is 9.99. The molecule has 1 aromatic carbocycles. The third kappa shape index (κ3) is 1.31. The molecule has 2 heteroatoms. The van der Waals surface area contributed by atoms with E-state index < -0.39 is 0 Å². The summed E-state index contributed by atoms with van der Waals surface area (Å²) in [7, 11) is 0. The Hall–Kier alpha value is -0.890. The van der Waals surface area contributed by atoms with Gasteiger partial charge in [0.25, 0.3) is 0 Å². The molecule has 2 heterocycles. The summed E-state index contributed by atoms with van der Waals surface area (Å²) in [5.74, 6) is 2.79. The molecule has 0 fully saturated rings. The van der Waals surface area contributed by atoms with Crippen molar-refractivity contribution in [3.8, 4) is 0 Å². The number of benzene rings is 1. The molecule has 0 atom stereocenters. The molecule has 0 bridgehead atoms. The summed E-state index contributed by atoms with van der Waals surface area (Å²) in [6.45, 7) is 4.43. The molecule has 0 N–H and O–H groups in total. The van der Waals surface area contributed by atoms with Crippen LogP contribution in [0, 0.1) is 0 Å². The van der Waals surface area contributed by atoms with E-state index in [9.17, 15) is 0 Å². The quantitative estimate of drug-likeness (QED) is 0.707. The van der Waals surface area contributed by atoms with E-state index >= 15 is 0 Å². The van der Waals surface area contributed by atoms with Gasteiger partial charge in [-0.15, -0.1) is 0 Å². The van der Waals surface area contributed by atoms with Crippen molar-refractivity contribution in [1.29, 1.82) is 0 Å². The molecule has 15 heavy (non-hydrogen) atoms. The summed E-state index contributed by atoms with van der Waals surface area (Å²) in [5, 5.41) is 1.31. The highest BCUT2D eigenvalue weighted by atomic mass is 32.2. The summed E-state index contributed by atoms with van der Waals surface area (Å²) in [4.78, 5) is 0. The van der Waals surface area contributed by atoms with Crippen molar-refractivity contribution in [2.45, 2.75) is 31.3 Å². The first-order valence-electron chi connectivity index (χ1n) is 5.37. The number of hydrogen-bond donors (Lipinski definition) is 0. The van der Waals surface area contributed by atoms with Crippen LogP contribution in [-0.2, 0) is 11.5 Å². The molecule has 0 aliphatic carbocycles. The highest BCUT2D eigenvalue weighted by molar-refractivity contribution is 7.98. The first-order chi connectivity index (χ1) is 7.27. The van der Waals surface area contributed by atoms with Crippen molar-refractivity contribution >= 4 is 22.7 Å². The van der Waals surface area contributed by atoms with E-state index in [1.54, 1.807) is 0 Å². The summed E-state index contributed by atoms with van der Waals surface area (Å²) >= 11 is 1.98. The molecular weight excluding hydrogens is 204 g/mol. The Labute approximate surface area is 93.8 Å². The molecule has 0 saturated carbocycles. The largest absolute Gasteiger partial charge is 0.464 e. The van der Waals surface area contributed by atoms with Crippen LogP contribution in [0.2, 0.25) is 0 Å². The molecule has 0 saturated heterocycles. The van der Waals surface area contributed by atoms with E-state index in [1.807, 2.05) is 18.0 Å². The molecule has 2 aromatic rings. The molecule has 78 valence electrons. The SMILES string of the molecule is CC(C)c1coc2c3c(ccc12)CSC3. The van der Waals surface area contributed by atoms with Gasteiger partial charge < -0.3 is 4.42 Å². The molecule has 0 amide bonds. The molecule has 0 radical (unpaired) electrons. The Kier molecular flexibility index (Phi) is 2.06. The van der Waals surface area contributed by atoms with E-state index in [0.717, 1.165) is 17.1 Å². The molecule has 1 nitrogen and oxygen atoms in total. The second kappa shape index (κ2) is 3.31. The predicted octanol–water partition coefficient (Wildman–Crippen LogP) is 4.30. The van der Waals surface area contributed by atoms with Crippen molar-refractivity contribution in [2.75, 3.05) is 0 Å². The van der Waals surface area contributed by atoms with Gasteiger partial charge in [0.2, 0.25) is 0 Å². The standard InChI is InChI=1S/C13H14OS/c1-8(2)11-5-14-13-10(11)4-3-9-6-15-7-12(9)13/h3-5,8H,6-7H2,1-2H3. The zero-order valence-electron chi connectivity index (χ0n) is 9.04. The minimum absolute atomic E-state index is 0.540. The van der Waals surface area contributed by atoms with Crippen molar-refractivity contribution in [1.82, 2.24) is 0 Å². The maximum atomic E-state index is 5.74. The van der Waals surface area contributed by atoms with Gasteiger partial charge in [0, 0.05) is 28.0 Å². The van der Waals surface area contributed by atoms with E-state index in [2.05, 4.69) is 26.0 Å². The highest BCUT2D eigenvalue weighted by Crippen LogP contribution is 2.38. The van der Waals surface area contributed by atoms with Gasteiger partial charge in [-0.1, -0.05) is 26.0 Å². The van der Waals surface area contributed by atoms with Gasteiger partial charge in [-0.05, 0) is 11.5 Å². The Morgan fingerprint density at radius 2 is 2.13 bits per heavy atom. The number of hydrogen-bond acceptors (Lipinski definition) is 2. The van der Waals surface area contributed by atoms with Crippen molar-refractivity contribution in [2.24, 2.45) is 0 Å². The van der Waals surface area contributed by atoms with Crippen LogP contribution in [0.15, 0.2) is 22.8 Å². The Morgan fingerprint density at radius 3 is 2.93 bits per heavy atom. The van der Waals surface area contributed by atoms with Crippen molar-refractivity contribution in [3.63, 3.8) is 0 Å². The van der Waals surface area contributed by atoms with E-state index in [0.29, 0.717) is 5.92 Å². The van der Waals surface area contributed by atoms with Crippen LogP contribution in [0.1, 0.15) is 36.5 Å². The van der Waals surface area contributed by atoms with Crippen molar-refractivity contribution in [3.05, 3.63) is 35.1 Å². The van der Waals surface area contributed by atoms with Gasteiger partial charge in [0.1, 0.15) is 5.58 Å². The fourth-order valence-electron chi connectivity index (χ4n) is 2.22. The molecule has 3 rings (SSSR count). The maximum Gasteiger partial charge on any atom is 0.138 e. The van der Waals surface area contributed by atoms with Gasteiger partial charge in [0.15, 0.2) is 0 Å². The number of thioether (sulfide) groups is 1. The van der Waals surface area contributed by atoms with Crippen molar-refractivity contribution < 1.29 is 4.42 Å². The topological polar surface area (TPSA) is 13.1 Å². The molecule has 1 aromatic heterocycles. The van der Waals surface area contributed by atoms with Gasteiger partial charge >= 0.3 is 0 Å². The van der Waals surface area contributed by atoms with Crippen LogP contribution >= 0.6 is 11.8 Å². The number of fused-ring (bicyclic) bond motifs is 3. The average Bonchev–Trinajstić information content (AvgIpc) is 2.82. The highest BCUT2D eigenvalue weighted by Gasteiger charge is 2.18. The fourth-order valence-corrected chi connectivity index (χ4v) is 3.33. The summed E-state index contributed by atoms with van der Waals surface area (Å²) in [5.41, 5.74) is 5.34. The normalized spacial score (nSPS) is 15.1. The van der Waals surface area contributed by atoms with Gasteiger partial charge in [-0.2, -0.15) is 11.8 Å².